The molecule has 0 spiro atoms. The van der Waals surface area contributed by atoms with Crippen molar-refractivity contribution in [3.05, 3.63) is 82.6 Å². The van der Waals surface area contributed by atoms with Gasteiger partial charge in [0.2, 0.25) is 10.0 Å². The quantitative estimate of drug-likeness (QED) is 0.178. The van der Waals surface area contributed by atoms with E-state index < -0.39 is 21.9 Å². The minimum absolute atomic E-state index is 0.0376. The highest BCUT2D eigenvalue weighted by atomic mass is 35.5. The van der Waals surface area contributed by atoms with E-state index in [0.29, 0.717) is 11.1 Å². The topological polar surface area (TPSA) is 127 Å². The van der Waals surface area contributed by atoms with Crippen LogP contribution in [-0.4, -0.2) is 56.0 Å². The fourth-order valence-corrected chi connectivity index (χ4v) is 4.94. The van der Waals surface area contributed by atoms with E-state index >= 15 is 0 Å². The summed E-state index contributed by atoms with van der Waals surface area (Å²) in [6, 6.07) is 11.7. The van der Waals surface area contributed by atoms with Gasteiger partial charge in [-0.15, -0.1) is 0 Å². The number of rotatable bonds is 10. The highest BCUT2D eigenvalue weighted by Gasteiger charge is 2.25. The first kappa shape index (κ1) is 27.8. The largest absolute Gasteiger partial charge is 0.493 e. The van der Waals surface area contributed by atoms with E-state index in [1.165, 1.54) is 48.1 Å². The number of benzene rings is 2. The smallest absolute Gasteiger partial charge is 0.345 e. The van der Waals surface area contributed by atoms with Gasteiger partial charge in [-0.1, -0.05) is 25.4 Å². The van der Waals surface area contributed by atoms with Gasteiger partial charge in [-0.05, 0) is 54.1 Å². The molecule has 0 atom stereocenters. The minimum atomic E-state index is -3.80. The Bertz CT molecular complexity index is 1410. The lowest BCUT2D eigenvalue weighted by Gasteiger charge is -2.19. The zero-order valence-corrected chi connectivity index (χ0v) is 21.9. The summed E-state index contributed by atoms with van der Waals surface area (Å²) in [5.41, 5.74) is 3.18. The van der Waals surface area contributed by atoms with Crippen LogP contribution in [0.2, 0.25) is 5.02 Å². The van der Waals surface area contributed by atoms with Crippen LogP contribution in [-0.2, 0) is 10.0 Å². The van der Waals surface area contributed by atoms with Crippen LogP contribution < -0.4 is 14.9 Å². The number of methoxy groups -OCH3 is 1. The van der Waals surface area contributed by atoms with Crippen LogP contribution in [0.15, 0.2) is 70.9 Å². The van der Waals surface area contributed by atoms with Gasteiger partial charge in [-0.25, -0.2) is 18.6 Å². The van der Waals surface area contributed by atoms with E-state index in [9.17, 15) is 18.0 Å². The summed E-state index contributed by atoms with van der Waals surface area (Å²) < 4.78 is 37.8. The lowest BCUT2D eigenvalue weighted by molar-refractivity contribution is 0.0729. The molecule has 0 bridgehead atoms. The second kappa shape index (κ2) is 12.4. The van der Waals surface area contributed by atoms with E-state index in [1.54, 1.807) is 44.3 Å². The second-order valence-corrected chi connectivity index (χ2v) is 9.82. The molecule has 1 amide bonds. The van der Waals surface area contributed by atoms with Crippen LogP contribution in [0.25, 0.3) is 0 Å². The molecule has 3 rings (SSSR count). The first-order valence-corrected chi connectivity index (χ1v) is 13.0. The molecule has 1 aromatic heterocycles. The van der Waals surface area contributed by atoms with Crippen LogP contribution in [0.4, 0.5) is 0 Å². The molecule has 12 heteroatoms. The molecule has 1 N–H and O–H groups in total. The van der Waals surface area contributed by atoms with E-state index in [0.717, 1.165) is 0 Å². The van der Waals surface area contributed by atoms with Crippen molar-refractivity contribution in [2.75, 3.05) is 20.2 Å². The van der Waals surface area contributed by atoms with E-state index in [1.807, 2.05) is 0 Å². The summed E-state index contributed by atoms with van der Waals surface area (Å²) in [5.74, 6) is -0.995. The number of nitrogens with zero attached hydrogens (tertiary/aromatic N) is 3. The molecule has 0 radical (unpaired) electrons. The summed E-state index contributed by atoms with van der Waals surface area (Å²) in [7, 11) is -2.41. The number of sulfonamides is 1. The average molecular weight is 545 g/mol. The molecule has 0 aliphatic heterocycles. The first-order valence-electron chi connectivity index (χ1n) is 11.1. The molecule has 0 unspecified atom stereocenters. The Balaban J connectivity index is 1.78. The number of amides is 1. The number of hydrogen-bond acceptors (Lipinski definition) is 8. The maximum Gasteiger partial charge on any atom is 0.345 e. The highest BCUT2D eigenvalue weighted by molar-refractivity contribution is 7.89. The second-order valence-electron chi connectivity index (χ2n) is 7.47. The summed E-state index contributed by atoms with van der Waals surface area (Å²) >= 11 is 6.18. The Morgan fingerprint density at radius 2 is 1.86 bits per heavy atom. The van der Waals surface area contributed by atoms with Gasteiger partial charge < -0.3 is 9.47 Å². The Labute approximate surface area is 219 Å². The number of carbonyl (C=O) groups excluding carboxylic acids is 2. The average Bonchev–Trinajstić information content (AvgIpc) is 2.90. The maximum atomic E-state index is 12.9. The molecule has 0 aliphatic carbocycles. The number of ether oxygens (including phenoxy) is 2. The van der Waals surface area contributed by atoms with Crippen LogP contribution in [0.3, 0.4) is 0 Å². The molecule has 0 saturated carbocycles. The molecular weight excluding hydrogens is 520 g/mol. The first-order chi connectivity index (χ1) is 17.7. The molecule has 0 fully saturated rings. The summed E-state index contributed by atoms with van der Waals surface area (Å²) in [4.78, 5) is 28.8. The number of carbonyl (C=O) groups is 2. The third-order valence-corrected chi connectivity index (χ3v) is 7.57. The van der Waals surface area contributed by atoms with Gasteiger partial charge in [0, 0.05) is 25.5 Å². The number of halogens is 1. The molecule has 2 aromatic carbocycles. The van der Waals surface area contributed by atoms with Gasteiger partial charge in [-0.3, -0.25) is 9.78 Å². The molecule has 3 aromatic rings. The van der Waals surface area contributed by atoms with Crippen molar-refractivity contribution in [1.82, 2.24) is 14.7 Å². The van der Waals surface area contributed by atoms with Gasteiger partial charge in [0.05, 0.1) is 34.4 Å². The van der Waals surface area contributed by atoms with Crippen LogP contribution in [0.1, 0.15) is 40.1 Å². The van der Waals surface area contributed by atoms with E-state index in [-0.39, 0.29) is 40.1 Å². The van der Waals surface area contributed by atoms with Gasteiger partial charge in [0.15, 0.2) is 11.5 Å². The predicted octanol–water partition coefficient (Wildman–Crippen LogP) is 3.76. The lowest BCUT2D eigenvalue weighted by atomic mass is 10.2. The highest BCUT2D eigenvalue weighted by Crippen LogP contribution is 2.30. The molecule has 0 aliphatic rings. The van der Waals surface area contributed by atoms with Crippen LogP contribution >= 0.6 is 11.6 Å². The lowest BCUT2D eigenvalue weighted by Crippen LogP contribution is -2.30. The molecule has 37 heavy (non-hydrogen) atoms. The molecule has 10 nitrogen and oxygen atoms in total. The number of hydrazone groups is 1. The van der Waals surface area contributed by atoms with Crippen molar-refractivity contribution in [1.29, 1.82) is 0 Å². The van der Waals surface area contributed by atoms with Crippen molar-refractivity contribution < 1.29 is 27.5 Å². The van der Waals surface area contributed by atoms with E-state index in [4.69, 9.17) is 21.1 Å². The van der Waals surface area contributed by atoms with Gasteiger partial charge in [-0.2, -0.15) is 9.41 Å². The van der Waals surface area contributed by atoms with Gasteiger partial charge >= 0.3 is 5.97 Å². The Morgan fingerprint density at radius 3 is 2.51 bits per heavy atom. The molecule has 194 valence electrons. The fraction of sp³-hybridized carbons (Fsp3) is 0.200. The van der Waals surface area contributed by atoms with Crippen molar-refractivity contribution in [3.8, 4) is 11.5 Å². The SMILES string of the molecule is CCN(CC)S(=O)(=O)c1ccc(Cl)c(C(=O)Oc2ccc(C=NNC(=O)c3cccnc3)cc2OC)c1. The van der Waals surface area contributed by atoms with E-state index in [2.05, 4.69) is 15.5 Å². The molecule has 1 heterocycles. The number of aromatic nitrogens is 1. The van der Waals surface area contributed by atoms with Crippen molar-refractivity contribution in [2.24, 2.45) is 5.10 Å². The molecular formula is C25H25ClN4O6S. The van der Waals surface area contributed by atoms with Crippen molar-refractivity contribution >= 4 is 39.7 Å². The number of pyridine rings is 1. The zero-order chi connectivity index (χ0) is 27.0. The number of nitrogens with one attached hydrogen (secondary N) is 1. The standard InChI is InChI=1S/C25H25ClN4O6S/c1-4-30(5-2)37(33,34)19-9-10-21(26)20(14-19)25(32)36-22-11-8-17(13-23(22)35-3)15-28-29-24(31)18-7-6-12-27-16-18/h6-16H,4-5H2,1-3H3,(H,29,31). The van der Waals surface area contributed by atoms with Gasteiger partial charge in [0.25, 0.3) is 5.91 Å². The summed E-state index contributed by atoms with van der Waals surface area (Å²) in [6.07, 6.45) is 4.36. The minimum Gasteiger partial charge on any atom is -0.493 e. The predicted molar refractivity (Wildman–Crippen MR) is 139 cm³/mol. The summed E-state index contributed by atoms with van der Waals surface area (Å²) in [6.45, 7) is 4.01. The van der Waals surface area contributed by atoms with Crippen molar-refractivity contribution in [2.45, 2.75) is 18.7 Å². The Hall–Kier alpha value is -3.80. The molecule has 0 saturated heterocycles. The Kier molecular flexibility index (Phi) is 9.34. The summed E-state index contributed by atoms with van der Waals surface area (Å²) in [5, 5.41) is 3.95. The zero-order valence-electron chi connectivity index (χ0n) is 20.3. The normalized spacial score (nSPS) is 11.5. The monoisotopic (exact) mass is 544 g/mol. The third-order valence-electron chi connectivity index (χ3n) is 5.19. The number of esters is 1. The maximum absolute atomic E-state index is 12.9. The third kappa shape index (κ3) is 6.70. The Morgan fingerprint density at radius 1 is 1.11 bits per heavy atom. The van der Waals surface area contributed by atoms with Crippen LogP contribution in [0.5, 0.6) is 11.5 Å². The fourth-order valence-electron chi connectivity index (χ4n) is 3.26. The van der Waals surface area contributed by atoms with Crippen molar-refractivity contribution in [3.63, 3.8) is 0 Å². The van der Waals surface area contributed by atoms with Gasteiger partial charge in [0.1, 0.15) is 0 Å². The number of hydrogen-bond donors (Lipinski definition) is 1. The van der Waals surface area contributed by atoms with Crippen LogP contribution in [0, 0.1) is 0 Å².